The molecule has 2 aliphatic rings. The van der Waals surface area contributed by atoms with E-state index >= 15 is 0 Å². The number of carbonyl (C=O) groups excluding carboxylic acids is 1. The fraction of sp³-hybridized carbons (Fsp3) is 0.462. The van der Waals surface area contributed by atoms with E-state index in [1.165, 1.54) is 18.9 Å². The fourth-order valence-corrected chi connectivity index (χ4v) is 4.42. The summed E-state index contributed by atoms with van der Waals surface area (Å²) in [7, 11) is 0. The molecule has 2 aromatic rings. The largest absolute Gasteiger partial charge is 0.490 e. The Morgan fingerprint density at radius 1 is 0.921 bits per heavy atom. The molecule has 1 amide bonds. The number of ether oxygens (including phenoxy) is 1. The molecule has 6 nitrogen and oxygen atoms in total. The van der Waals surface area contributed by atoms with Crippen LogP contribution < -0.4 is 4.74 Å². The number of halogens is 6. The molecule has 2 fully saturated rings. The first kappa shape index (κ1) is 29.3. The number of carbonyl (C=O) groups is 2. The zero-order chi connectivity index (χ0) is 27.9. The smallest absolute Gasteiger partial charge is 0.489 e. The molecule has 2 heterocycles. The van der Waals surface area contributed by atoms with E-state index in [1.54, 1.807) is 30.3 Å². The topological polar surface area (TPSA) is 70.1 Å². The van der Waals surface area contributed by atoms with Gasteiger partial charge < -0.3 is 19.6 Å². The van der Waals surface area contributed by atoms with Crippen molar-refractivity contribution in [3.05, 3.63) is 65.2 Å². The summed E-state index contributed by atoms with van der Waals surface area (Å²) < 4.78 is 75.9. The zero-order valence-electron chi connectivity index (χ0n) is 20.4. The summed E-state index contributed by atoms with van der Waals surface area (Å²) in [6.45, 7) is 4.00. The van der Waals surface area contributed by atoms with E-state index < -0.39 is 23.9 Å². The van der Waals surface area contributed by atoms with Crippen molar-refractivity contribution in [3.63, 3.8) is 0 Å². The van der Waals surface area contributed by atoms with Crippen molar-refractivity contribution in [2.24, 2.45) is 0 Å². The van der Waals surface area contributed by atoms with Crippen LogP contribution in [0.15, 0.2) is 48.5 Å². The van der Waals surface area contributed by atoms with Crippen LogP contribution in [0.25, 0.3) is 0 Å². The summed E-state index contributed by atoms with van der Waals surface area (Å²) in [5, 5.41) is 7.12. The quantitative estimate of drug-likeness (QED) is 0.477. The Balaban J connectivity index is 0.000000505. The third-order valence-corrected chi connectivity index (χ3v) is 6.31. The molecule has 38 heavy (non-hydrogen) atoms. The maximum atomic E-state index is 13.0. The molecule has 0 aromatic heterocycles. The minimum Gasteiger partial charge on any atom is -0.489 e. The molecule has 2 aromatic carbocycles. The van der Waals surface area contributed by atoms with Crippen LogP contribution in [-0.2, 0) is 17.6 Å². The van der Waals surface area contributed by atoms with E-state index in [1.807, 2.05) is 4.90 Å². The molecule has 0 spiro atoms. The van der Waals surface area contributed by atoms with Crippen molar-refractivity contribution in [2.75, 3.05) is 26.2 Å². The van der Waals surface area contributed by atoms with E-state index in [2.05, 4.69) is 4.90 Å². The Morgan fingerprint density at radius 3 is 2.13 bits per heavy atom. The lowest BCUT2D eigenvalue weighted by molar-refractivity contribution is -0.192. The second-order valence-corrected chi connectivity index (χ2v) is 9.12. The van der Waals surface area contributed by atoms with E-state index in [0.717, 1.165) is 51.2 Å². The van der Waals surface area contributed by atoms with Gasteiger partial charge in [-0.1, -0.05) is 12.1 Å². The van der Waals surface area contributed by atoms with E-state index in [0.29, 0.717) is 16.9 Å². The number of aliphatic carboxylic acids is 1. The SMILES string of the molecule is O=C(O)C(F)(F)F.O=C(c1ccc(OCc2cccc(C(F)(F)F)c2)cc1)N1CCCC1CN1CCCC1. The van der Waals surface area contributed by atoms with Crippen LogP contribution in [0, 0.1) is 0 Å². The van der Waals surface area contributed by atoms with Crippen LogP contribution in [-0.4, -0.2) is 65.2 Å². The Labute approximate surface area is 215 Å². The maximum absolute atomic E-state index is 13.0. The van der Waals surface area contributed by atoms with Gasteiger partial charge >= 0.3 is 18.3 Å². The number of rotatable bonds is 6. The molecule has 0 radical (unpaired) electrons. The second kappa shape index (κ2) is 12.5. The highest BCUT2D eigenvalue weighted by atomic mass is 19.4. The van der Waals surface area contributed by atoms with Crippen LogP contribution in [0.3, 0.4) is 0 Å². The first-order chi connectivity index (χ1) is 17.8. The summed E-state index contributed by atoms with van der Waals surface area (Å²) >= 11 is 0. The molecule has 208 valence electrons. The number of hydrogen-bond acceptors (Lipinski definition) is 4. The average molecular weight is 547 g/mol. The van der Waals surface area contributed by atoms with Crippen LogP contribution in [0.5, 0.6) is 5.75 Å². The molecular formula is C26H28F6N2O4. The molecule has 12 heteroatoms. The summed E-state index contributed by atoms with van der Waals surface area (Å²) in [5.74, 6) is -2.21. The number of likely N-dealkylation sites (tertiary alicyclic amines) is 2. The standard InChI is InChI=1S/C24H27F3N2O2.C2HF3O2/c25-24(26,27)20-6-3-5-18(15-20)17-31-22-10-8-19(9-11-22)23(30)29-14-4-7-21(29)16-28-12-1-2-13-28;3-2(4,5)1(6)7/h3,5-6,8-11,15,21H,1-2,4,7,12-14,16-17H2;(H,6,7). The van der Waals surface area contributed by atoms with Crippen molar-refractivity contribution in [3.8, 4) is 5.75 Å². The van der Waals surface area contributed by atoms with Gasteiger partial charge in [-0.05, 0) is 80.7 Å². The van der Waals surface area contributed by atoms with Crippen LogP contribution in [0.2, 0.25) is 0 Å². The average Bonchev–Trinajstić information content (AvgIpc) is 3.55. The zero-order valence-corrected chi connectivity index (χ0v) is 20.4. The van der Waals surface area contributed by atoms with E-state index in [-0.39, 0.29) is 18.6 Å². The number of carboxylic acids is 1. The lowest BCUT2D eigenvalue weighted by Crippen LogP contribution is -2.42. The molecule has 1 atom stereocenters. The van der Waals surface area contributed by atoms with E-state index in [4.69, 9.17) is 14.6 Å². The van der Waals surface area contributed by atoms with Crippen molar-refractivity contribution < 1.29 is 45.8 Å². The third-order valence-electron chi connectivity index (χ3n) is 6.31. The molecule has 0 aliphatic carbocycles. The van der Waals surface area contributed by atoms with Gasteiger partial charge in [0.1, 0.15) is 12.4 Å². The number of benzene rings is 2. The Hall–Kier alpha value is -3.28. The third kappa shape index (κ3) is 8.37. The predicted molar refractivity (Wildman–Crippen MR) is 126 cm³/mol. The Bertz CT molecular complexity index is 1080. The normalized spacial score (nSPS) is 18.2. The van der Waals surface area contributed by atoms with Gasteiger partial charge in [-0.25, -0.2) is 4.79 Å². The molecule has 2 saturated heterocycles. The molecule has 1 unspecified atom stereocenters. The number of nitrogens with zero attached hydrogens (tertiary/aromatic N) is 2. The highest BCUT2D eigenvalue weighted by Crippen LogP contribution is 2.30. The minimum atomic E-state index is -5.08. The van der Waals surface area contributed by atoms with Crippen LogP contribution >= 0.6 is 0 Å². The van der Waals surface area contributed by atoms with Crippen molar-refractivity contribution in [1.29, 1.82) is 0 Å². The molecule has 4 rings (SSSR count). The molecule has 0 bridgehead atoms. The van der Waals surface area contributed by atoms with Gasteiger partial charge in [-0.2, -0.15) is 26.3 Å². The van der Waals surface area contributed by atoms with Gasteiger partial charge in [-0.3, -0.25) is 4.79 Å². The van der Waals surface area contributed by atoms with Crippen LogP contribution in [0.1, 0.15) is 47.2 Å². The van der Waals surface area contributed by atoms with Gasteiger partial charge in [0.15, 0.2) is 0 Å². The Morgan fingerprint density at radius 2 is 1.55 bits per heavy atom. The first-order valence-electron chi connectivity index (χ1n) is 12.1. The fourth-order valence-electron chi connectivity index (χ4n) is 4.42. The summed E-state index contributed by atoms with van der Waals surface area (Å²) in [5.41, 5.74) is 0.361. The van der Waals surface area contributed by atoms with Gasteiger partial charge in [0.2, 0.25) is 0 Å². The lowest BCUT2D eigenvalue weighted by atomic mass is 10.1. The number of alkyl halides is 6. The van der Waals surface area contributed by atoms with E-state index in [9.17, 15) is 31.1 Å². The van der Waals surface area contributed by atoms with Crippen LogP contribution in [0.4, 0.5) is 26.3 Å². The minimum absolute atomic E-state index is 0.0290. The molecule has 0 saturated carbocycles. The van der Waals surface area contributed by atoms with Crippen molar-refractivity contribution in [1.82, 2.24) is 9.80 Å². The van der Waals surface area contributed by atoms with Gasteiger partial charge in [0.25, 0.3) is 5.91 Å². The maximum Gasteiger partial charge on any atom is 0.490 e. The number of hydrogen-bond donors (Lipinski definition) is 1. The van der Waals surface area contributed by atoms with Crippen molar-refractivity contribution in [2.45, 2.75) is 50.7 Å². The van der Waals surface area contributed by atoms with Gasteiger partial charge in [0.05, 0.1) is 5.56 Å². The second-order valence-electron chi connectivity index (χ2n) is 9.12. The Kier molecular flexibility index (Phi) is 9.64. The first-order valence-corrected chi connectivity index (χ1v) is 12.1. The molecule has 2 aliphatic heterocycles. The molecular weight excluding hydrogens is 518 g/mol. The highest BCUT2D eigenvalue weighted by molar-refractivity contribution is 5.94. The lowest BCUT2D eigenvalue weighted by Gasteiger charge is -2.28. The predicted octanol–water partition coefficient (Wildman–Crippen LogP) is 5.62. The van der Waals surface area contributed by atoms with Gasteiger partial charge in [0, 0.05) is 24.7 Å². The highest BCUT2D eigenvalue weighted by Gasteiger charge is 2.38. The summed E-state index contributed by atoms with van der Waals surface area (Å²) in [6.07, 6.45) is -4.91. The number of amides is 1. The molecule has 1 N–H and O–H groups in total. The summed E-state index contributed by atoms with van der Waals surface area (Å²) in [4.78, 5) is 26.3. The summed E-state index contributed by atoms with van der Waals surface area (Å²) in [6, 6.07) is 12.2. The van der Waals surface area contributed by atoms with Crippen molar-refractivity contribution >= 4 is 11.9 Å². The van der Waals surface area contributed by atoms with Gasteiger partial charge in [-0.15, -0.1) is 0 Å². The number of carboxylic acid groups (broad SMARTS) is 1. The monoisotopic (exact) mass is 546 g/mol.